The highest BCUT2D eigenvalue weighted by atomic mass is 16.3. The van der Waals surface area contributed by atoms with Crippen LogP contribution in [0, 0.1) is 0 Å². The van der Waals surface area contributed by atoms with Crippen LogP contribution in [-0.4, -0.2) is 109 Å². The Morgan fingerprint density at radius 1 is 0.354 bits per heavy atom. The van der Waals surface area contributed by atoms with E-state index in [1.807, 2.05) is 12.2 Å². The molecule has 3 spiro atoms. The van der Waals surface area contributed by atoms with E-state index in [2.05, 4.69) is 60.2 Å². The van der Waals surface area contributed by atoms with E-state index in [-0.39, 0.29) is 109 Å². The number of benzene rings is 10. The maximum absolute atomic E-state index is 13.9. The minimum atomic E-state index is -1.22. The third-order valence-electron chi connectivity index (χ3n) is 21.4. The van der Waals surface area contributed by atoms with Crippen LogP contribution in [0.15, 0.2) is 213 Å². The molecule has 10 aromatic rings. The summed E-state index contributed by atoms with van der Waals surface area (Å²) < 4.78 is 0. The summed E-state index contributed by atoms with van der Waals surface area (Å²) in [5.74, 6) is -4.99. The zero-order valence-corrected chi connectivity index (χ0v) is 58.8. The summed E-state index contributed by atoms with van der Waals surface area (Å²) >= 11 is 0. The largest absolute Gasteiger partial charge is 0.504 e. The van der Waals surface area contributed by atoms with Crippen LogP contribution in [0.3, 0.4) is 0 Å². The zero-order valence-electron chi connectivity index (χ0n) is 58.8. The molecule has 4 aliphatic carbocycles. The van der Waals surface area contributed by atoms with Crippen LogP contribution < -0.4 is 0 Å². The molecule has 2 unspecified atom stereocenters. The van der Waals surface area contributed by atoms with Crippen LogP contribution >= 0.6 is 0 Å². The van der Waals surface area contributed by atoms with Crippen molar-refractivity contribution in [3.05, 3.63) is 334 Å². The van der Waals surface area contributed by atoms with Gasteiger partial charge < -0.3 is 71.1 Å². The smallest absolute Gasteiger partial charge is 0.254 e. The number of fused-ring (bicyclic) bond motifs is 12. The molecule has 113 heavy (non-hydrogen) atoms. The number of phenolic OH excluding ortho intramolecular Hbond substituents is 12. The second kappa shape index (κ2) is 29.3. The van der Waals surface area contributed by atoms with Gasteiger partial charge in [0.15, 0.2) is 69.0 Å². The average molecular weight is 1510 g/mol. The summed E-state index contributed by atoms with van der Waals surface area (Å²) in [5.41, 5.74) is 62.6. The Labute approximate surface area is 637 Å². The standard InChI is InChI=1S/C31H24N8O6.C29H18N6O4.C19H18N6O4/c32-36-34-21-5-1-17(2-6-21)29(44)38-13-19-9-25(40)27(42)11-23(19)31(15-38)16-39(14-20-10-26(41)28(43)12-24(20)31)30(45)18-3-7-22(8-4-18)35-37-33;30-34-32-17-5-1-15(2-6-17)21-13-29(23-11-27(38)25(36)9-19(21)23)14-22(16-3-7-18(8-4-16)33-35-31)20-10-26(37)28(39)12-24(20)29;20-24-22-7-9-5-19(13-3-17(28)15(26)1-11(9)13)6-10(8-23-25-21)12-2-16(27)18(29)4-14(12)19/h1-12,40-43H,13-16H2;1-14,36-39H;1-4,9-10,26-29H,5-8H2. The lowest BCUT2D eigenvalue weighted by molar-refractivity contribution is 0.0577. The van der Waals surface area contributed by atoms with Crippen LogP contribution in [0.25, 0.3) is 73.8 Å². The number of aromatic hydroxyl groups is 12. The molecule has 560 valence electrons. The van der Waals surface area contributed by atoms with Crippen LogP contribution in [0.1, 0.15) is 123 Å². The second-order valence-corrected chi connectivity index (χ2v) is 27.7. The van der Waals surface area contributed by atoms with E-state index in [0.29, 0.717) is 91.2 Å². The Morgan fingerprint density at radius 3 is 0.973 bits per heavy atom. The molecule has 2 atom stereocenters. The molecule has 16 rings (SSSR count). The Kier molecular flexibility index (Phi) is 19.2. The first kappa shape index (κ1) is 74.0. The molecule has 0 bridgehead atoms. The molecular weight excluding hydrogens is 1450 g/mol. The summed E-state index contributed by atoms with van der Waals surface area (Å²) in [6, 6.07) is 43.5. The van der Waals surface area contributed by atoms with E-state index >= 15 is 0 Å². The van der Waals surface area contributed by atoms with Crippen molar-refractivity contribution in [2.24, 2.45) is 30.7 Å². The van der Waals surface area contributed by atoms with Crippen molar-refractivity contribution in [1.82, 2.24) is 9.80 Å². The van der Waals surface area contributed by atoms with E-state index < -0.39 is 39.2 Å². The van der Waals surface area contributed by atoms with Gasteiger partial charge in [0.2, 0.25) is 0 Å². The monoisotopic (exact) mass is 1510 g/mol. The van der Waals surface area contributed by atoms with Crippen molar-refractivity contribution in [1.29, 1.82) is 0 Å². The zero-order chi connectivity index (χ0) is 79.9. The van der Waals surface area contributed by atoms with Gasteiger partial charge in [-0.05, 0) is 244 Å². The number of hydrogen-bond acceptors (Lipinski definition) is 20. The van der Waals surface area contributed by atoms with Crippen molar-refractivity contribution in [2.75, 3.05) is 26.2 Å². The maximum Gasteiger partial charge on any atom is 0.254 e. The van der Waals surface area contributed by atoms with Gasteiger partial charge in [0.05, 0.1) is 10.8 Å². The lowest BCUT2D eigenvalue weighted by atomic mass is 9.66. The fourth-order valence-corrected chi connectivity index (χ4v) is 16.6. The normalized spacial score (nSPS) is 18.4. The molecule has 2 heterocycles. The van der Waals surface area contributed by atoms with E-state index in [9.17, 15) is 70.9 Å². The van der Waals surface area contributed by atoms with Crippen LogP contribution in [0.4, 0.5) is 22.7 Å². The van der Waals surface area contributed by atoms with Gasteiger partial charge in [-0.1, -0.05) is 116 Å². The highest BCUT2D eigenvalue weighted by molar-refractivity contribution is 5.99. The number of rotatable bonds is 12. The fourth-order valence-electron chi connectivity index (χ4n) is 16.6. The van der Waals surface area contributed by atoms with Crippen molar-refractivity contribution < 1.29 is 70.9 Å². The average Bonchev–Trinajstić information content (AvgIpc) is 1.18. The number of carbonyl (C=O) groups excluding carboxylic acids is 2. The highest BCUT2D eigenvalue weighted by Crippen LogP contribution is 2.63. The highest BCUT2D eigenvalue weighted by Gasteiger charge is 2.53. The quantitative estimate of drug-likeness (QED) is 0.0234. The lowest BCUT2D eigenvalue weighted by Gasteiger charge is -2.50. The number of amides is 2. The van der Waals surface area contributed by atoms with Gasteiger partial charge in [-0.3, -0.25) is 9.59 Å². The van der Waals surface area contributed by atoms with Gasteiger partial charge >= 0.3 is 0 Å². The van der Waals surface area contributed by atoms with Crippen LogP contribution in [0.2, 0.25) is 0 Å². The molecule has 0 fully saturated rings. The third kappa shape index (κ3) is 13.2. The van der Waals surface area contributed by atoms with Gasteiger partial charge in [0.1, 0.15) is 0 Å². The van der Waals surface area contributed by atoms with Crippen molar-refractivity contribution >= 4 is 45.7 Å². The minimum Gasteiger partial charge on any atom is -0.504 e. The summed E-state index contributed by atoms with van der Waals surface area (Å²) in [6.45, 7) is 0.452. The van der Waals surface area contributed by atoms with E-state index in [0.717, 1.165) is 44.5 Å². The Morgan fingerprint density at radius 2 is 0.646 bits per heavy atom. The molecule has 12 N–H and O–H groups in total. The minimum absolute atomic E-state index is 0.00202. The van der Waals surface area contributed by atoms with Crippen molar-refractivity contribution in [3.8, 4) is 69.0 Å². The number of allylic oxidation sites excluding steroid dienone is 2. The topological polar surface area (TPSA) is 576 Å². The molecule has 10 aromatic carbocycles. The third-order valence-corrected chi connectivity index (χ3v) is 21.4. The summed E-state index contributed by atoms with van der Waals surface area (Å²) in [7, 11) is 0. The number of carbonyl (C=O) groups is 2. The van der Waals surface area contributed by atoms with E-state index in [1.165, 1.54) is 131 Å². The first-order valence-electron chi connectivity index (χ1n) is 34.4. The van der Waals surface area contributed by atoms with Crippen molar-refractivity contribution in [2.45, 2.75) is 54.0 Å². The molecule has 6 aliphatic rings. The van der Waals surface area contributed by atoms with Crippen molar-refractivity contribution in [3.63, 3.8) is 0 Å². The molecule has 0 aromatic heterocycles. The van der Waals surface area contributed by atoms with Gasteiger partial charge in [0.25, 0.3) is 11.8 Å². The predicted octanol–water partition coefficient (Wildman–Crippen LogP) is 18.0. The molecule has 34 nitrogen and oxygen atoms in total. The maximum atomic E-state index is 13.9. The fraction of sp³-hybridized carbons (Fsp3) is 0.165. The van der Waals surface area contributed by atoms with Crippen LogP contribution in [-0.2, 0) is 29.3 Å². The molecule has 2 aliphatic heterocycles. The van der Waals surface area contributed by atoms with Crippen LogP contribution in [0.5, 0.6) is 69.0 Å². The predicted molar refractivity (Wildman–Crippen MR) is 408 cm³/mol. The molecule has 0 radical (unpaired) electrons. The summed E-state index contributed by atoms with van der Waals surface area (Å²) in [5, 5.41) is 146. The lowest BCUT2D eigenvalue weighted by Crippen LogP contribution is -2.57. The molecule has 34 heteroatoms. The van der Waals surface area contributed by atoms with Gasteiger partial charge in [0, 0.05) is 108 Å². The number of phenols is 12. The Bertz CT molecular complexity index is 5690. The Hall–Kier alpha value is -15.9. The SMILES string of the molecule is [N-]=[N+]=NCC1CC2(CC(CN=[N+]=[N-])c3cc(O)c(O)cc32)c2cc(O)c(O)cc21.[N-]=[N+]=Nc1ccc(C(=O)N2Cc3cc(O)c(O)cc3C3(C2)CN(C(=O)c2ccc(N=[N+]=[N-])cc2)Cc2cc(O)c(O)cc23)cc1.[N-]=[N+]=Nc1ccc(C2=CC3(C=C(c4ccc(N=[N+]=[N-])cc4)c4cc(O)c(O)cc43)c3cc(O)c(O)cc32)cc1. The summed E-state index contributed by atoms with van der Waals surface area (Å²) in [4.78, 5) is 47.7. The van der Waals surface area contributed by atoms with Gasteiger partial charge in [-0.15, -0.1) is 0 Å². The van der Waals surface area contributed by atoms with Gasteiger partial charge in [-0.25, -0.2) is 0 Å². The number of nitrogens with zero attached hydrogens (tertiary/aromatic N) is 20. The van der Waals surface area contributed by atoms with E-state index in [4.69, 9.17) is 33.2 Å². The number of azide groups is 6. The molecule has 0 saturated heterocycles. The first-order chi connectivity index (χ1) is 54.4. The Balaban J connectivity index is 0.000000144. The molecule has 0 saturated carbocycles. The first-order valence-corrected chi connectivity index (χ1v) is 34.4. The molecule has 2 amide bonds. The second-order valence-electron chi connectivity index (χ2n) is 27.7. The van der Waals surface area contributed by atoms with Gasteiger partial charge in [-0.2, -0.15) is 0 Å². The number of hydrogen-bond donors (Lipinski definition) is 12. The molecular formula is C79H60N20O14. The van der Waals surface area contributed by atoms with E-state index in [1.54, 1.807) is 48.5 Å². The summed E-state index contributed by atoms with van der Waals surface area (Å²) in [6.07, 6.45) is 5.01.